The fourth-order valence-electron chi connectivity index (χ4n) is 2.10. The number of aryl methyl sites for hydroxylation is 1. The molecule has 102 valence electrons. The van der Waals surface area contributed by atoms with Crippen LogP contribution in [0.25, 0.3) is 16.9 Å². The van der Waals surface area contributed by atoms with Crippen LogP contribution in [0.15, 0.2) is 29.0 Å². The van der Waals surface area contributed by atoms with Gasteiger partial charge in [-0.3, -0.25) is 4.57 Å². The van der Waals surface area contributed by atoms with Crippen LogP contribution in [-0.2, 0) is 0 Å². The van der Waals surface area contributed by atoms with E-state index < -0.39 is 0 Å². The highest BCUT2D eigenvalue weighted by Crippen LogP contribution is 2.29. The second kappa shape index (κ2) is 4.75. The van der Waals surface area contributed by atoms with Gasteiger partial charge in [-0.2, -0.15) is 4.98 Å². The van der Waals surface area contributed by atoms with E-state index in [0.717, 1.165) is 15.7 Å². The molecule has 0 aliphatic carbocycles. The van der Waals surface area contributed by atoms with Crippen molar-refractivity contribution in [2.24, 2.45) is 0 Å². The van der Waals surface area contributed by atoms with Gasteiger partial charge in [0.15, 0.2) is 11.2 Å². The minimum Gasteiger partial charge on any atom is -0.479 e. The summed E-state index contributed by atoms with van der Waals surface area (Å²) in [7, 11) is 1.54. The number of fused-ring (bicyclic) bond motifs is 1. The Balaban J connectivity index is 2.37. The van der Waals surface area contributed by atoms with Gasteiger partial charge in [0.1, 0.15) is 6.33 Å². The quantitative estimate of drug-likeness (QED) is 0.779. The number of anilines is 1. The number of ether oxygens (including phenoxy) is 1. The van der Waals surface area contributed by atoms with Crippen LogP contribution in [-0.4, -0.2) is 26.6 Å². The molecule has 3 aromatic rings. The molecule has 2 N–H and O–H groups in total. The van der Waals surface area contributed by atoms with Crippen LogP contribution >= 0.6 is 15.9 Å². The van der Waals surface area contributed by atoms with E-state index in [1.54, 1.807) is 11.7 Å². The molecule has 0 radical (unpaired) electrons. The molecule has 0 amide bonds. The molecule has 3 rings (SSSR count). The van der Waals surface area contributed by atoms with Crippen molar-refractivity contribution >= 4 is 33.0 Å². The molecular weight excluding hydrogens is 322 g/mol. The van der Waals surface area contributed by atoms with E-state index in [0.29, 0.717) is 23.0 Å². The number of imidazole rings is 1. The third-order valence-electron chi connectivity index (χ3n) is 3.04. The molecule has 0 bridgehead atoms. The van der Waals surface area contributed by atoms with Crippen molar-refractivity contribution in [2.75, 3.05) is 12.8 Å². The Hall–Kier alpha value is -2.15. The molecule has 0 saturated carbocycles. The van der Waals surface area contributed by atoms with Crippen molar-refractivity contribution < 1.29 is 4.74 Å². The molecule has 0 fully saturated rings. The van der Waals surface area contributed by atoms with Crippen molar-refractivity contribution in [3.05, 3.63) is 34.6 Å². The number of rotatable bonds is 2. The molecule has 7 heteroatoms. The number of methoxy groups -OCH3 is 1. The molecule has 1 aromatic carbocycles. The number of halogens is 1. The Morgan fingerprint density at radius 1 is 1.30 bits per heavy atom. The molecular formula is C13H12BrN5O. The zero-order valence-electron chi connectivity index (χ0n) is 11.0. The van der Waals surface area contributed by atoms with Crippen molar-refractivity contribution in [1.82, 2.24) is 19.5 Å². The van der Waals surface area contributed by atoms with Gasteiger partial charge < -0.3 is 10.5 Å². The minimum atomic E-state index is 0.347. The van der Waals surface area contributed by atoms with E-state index in [2.05, 4.69) is 30.9 Å². The summed E-state index contributed by atoms with van der Waals surface area (Å²) in [5, 5.41) is 0. The molecule has 2 heterocycles. The van der Waals surface area contributed by atoms with Crippen molar-refractivity contribution in [3.63, 3.8) is 0 Å². The number of benzene rings is 1. The van der Waals surface area contributed by atoms with Crippen LogP contribution in [0.4, 0.5) is 5.95 Å². The largest absolute Gasteiger partial charge is 0.479 e. The summed E-state index contributed by atoms with van der Waals surface area (Å²) in [6, 6.07) is 5.95. The van der Waals surface area contributed by atoms with Crippen LogP contribution < -0.4 is 10.5 Å². The van der Waals surface area contributed by atoms with E-state index >= 15 is 0 Å². The first-order chi connectivity index (χ1) is 9.61. The Kier molecular flexibility index (Phi) is 3.06. The van der Waals surface area contributed by atoms with E-state index in [1.165, 1.54) is 6.33 Å². The molecule has 0 aliphatic rings. The van der Waals surface area contributed by atoms with Crippen molar-refractivity contribution in [2.45, 2.75) is 6.92 Å². The van der Waals surface area contributed by atoms with Gasteiger partial charge in [-0.1, -0.05) is 22.0 Å². The van der Waals surface area contributed by atoms with Crippen molar-refractivity contribution in [1.29, 1.82) is 0 Å². The zero-order chi connectivity index (χ0) is 14.3. The van der Waals surface area contributed by atoms with Gasteiger partial charge >= 0.3 is 0 Å². The molecule has 0 spiro atoms. The van der Waals surface area contributed by atoms with Crippen LogP contribution in [0.2, 0.25) is 0 Å². The maximum absolute atomic E-state index is 6.04. The molecule has 2 aromatic heterocycles. The minimum absolute atomic E-state index is 0.347. The fourth-order valence-corrected chi connectivity index (χ4v) is 2.45. The predicted molar refractivity (Wildman–Crippen MR) is 80.1 cm³/mol. The normalized spacial score (nSPS) is 10.9. The van der Waals surface area contributed by atoms with Gasteiger partial charge in [-0.05, 0) is 24.6 Å². The SMILES string of the molecule is COc1ncnc2c1nc(N)n2-c1cc(Br)ccc1C. The van der Waals surface area contributed by atoms with E-state index in [9.17, 15) is 0 Å². The summed E-state index contributed by atoms with van der Waals surface area (Å²) in [6.45, 7) is 2.01. The molecule has 0 aliphatic heterocycles. The third kappa shape index (κ3) is 1.90. The summed E-state index contributed by atoms with van der Waals surface area (Å²) in [5.41, 5.74) is 9.19. The van der Waals surface area contributed by atoms with Crippen LogP contribution in [0.3, 0.4) is 0 Å². The lowest BCUT2D eigenvalue weighted by Gasteiger charge is -2.09. The lowest BCUT2D eigenvalue weighted by atomic mass is 10.2. The highest BCUT2D eigenvalue weighted by Gasteiger charge is 2.17. The van der Waals surface area contributed by atoms with Gasteiger partial charge in [0.05, 0.1) is 12.8 Å². The summed E-state index contributed by atoms with van der Waals surface area (Å²) in [6.07, 6.45) is 1.44. The second-order valence-electron chi connectivity index (χ2n) is 4.29. The predicted octanol–water partition coefficient (Wildman–Crippen LogP) is 2.48. The van der Waals surface area contributed by atoms with E-state index in [1.807, 2.05) is 25.1 Å². The number of aromatic nitrogens is 4. The van der Waals surface area contributed by atoms with Gasteiger partial charge in [0.25, 0.3) is 0 Å². The van der Waals surface area contributed by atoms with E-state index in [-0.39, 0.29) is 0 Å². The number of nitrogens with zero attached hydrogens (tertiary/aromatic N) is 4. The number of hydrogen-bond acceptors (Lipinski definition) is 5. The highest BCUT2D eigenvalue weighted by atomic mass is 79.9. The molecule has 0 atom stereocenters. The standard InChI is InChI=1S/C13H12BrN5O/c1-7-3-4-8(14)5-9(7)19-11-10(18-13(19)15)12(20-2)17-6-16-11/h3-6H,1-2H3,(H2,15,18). The molecule has 0 saturated heterocycles. The lowest BCUT2D eigenvalue weighted by molar-refractivity contribution is 0.401. The molecule has 0 unspecified atom stereocenters. The first-order valence-corrected chi connectivity index (χ1v) is 6.70. The number of hydrogen-bond donors (Lipinski definition) is 1. The topological polar surface area (TPSA) is 78.8 Å². The average molecular weight is 334 g/mol. The summed E-state index contributed by atoms with van der Waals surface area (Å²) < 4.78 is 7.94. The van der Waals surface area contributed by atoms with Gasteiger partial charge in [-0.15, -0.1) is 0 Å². The lowest BCUT2D eigenvalue weighted by Crippen LogP contribution is -2.03. The monoisotopic (exact) mass is 333 g/mol. The summed E-state index contributed by atoms with van der Waals surface area (Å²) >= 11 is 3.47. The van der Waals surface area contributed by atoms with Crippen LogP contribution in [0.5, 0.6) is 5.88 Å². The maximum Gasteiger partial charge on any atom is 0.245 e. The van der Waals surface area contributed by atoms with Gasteiger partial charge in [0, 0.05) is 4.47 Å². The highest BCUT2D eigenvalue weighted by molar-refractivity contribution is 9.10. The summed E-state index contributed by atoms with van der Waals surface area (Å²) in [4.78, 5) is 12.6. The first-order valence-electron chi connectivity index (χ1n) is 5.91. The second-order valence-corrected chi connectivity index (χ2v) is 5.21. The Morgan fingerprint density at radius 2 is 2.10 bits per heavy atom. The maximum atomic E-state index is 6.04. The number of nitrogen functional groups attached to an aromatic ring is 1. The first kappa shape index (κ1) is 12.9. The van der Waals surface area contributed by atoms with Gasteiger partial charge in [-0.25, -0.2) is 9.97 Å². The van der Waals surface area contributed by atoms with E-state index in [4.69, 9.17) is 10.5 Å². The third-order valence-corrected chi connectivity index (χ3v) is 3.54. The van der Waals surface area contributed by atoms with Gasteiger partial charge in [0.2, 0.25) is 11.8 Å². The zero-order valence-corrected chi connectivity index (χ0v) is 12.5. The van der Waals surface area contributed by atoms with Crippen LogP contribution in [0, 0.1) is 6.92 Å². The molecule has 20 heavy (non-hydrogen) atoms. The Bertz CT molecular complexity index is 799. The van der Waals surface area contributed by atoms with Crippen LogP contribution in [0.1, 0.15) is 5.56 Å². The summed E-state index contributed by atoms with van der Waals surface area (Å²) in [5.74, 6) is 0.757. The smallest absolute Gasteiger partial charge is 0.245 e. The van der Waals surface area contributed by atoms with Crippen molar-refractivity contribution in [3.8, 4) is 11.6 Å². The fraction of sp³-hybridized carbons (Fsp3) is 0.154. The number of nitrogens with two attached hydrogens (primary N) is 1. The average Bonchev–Trinajstić information content (AvgIpc) is 2.77. The Labute approximate surface area is 123 Å². The molecule has 6 nitrogen and oxygen atoms in total. The Morgan fingerprint density at radius 3 is 2.85 bits per heavy atom.